The van der Waals surface area contributed by atoms with Crippen molar-refractivity contribution < 1.29 is 4.52 Å². The summed E-state index contributed by atoms with van der Waals surface area (Å²) in [6, 6.07) is 0.630. The highest BCUT2D eigenvalue weighted by Crippen LogP contribution is 2.16. The summed E-state index contributed by atoms with van der Waals surface area (Å²) in [7, 11) is 0. The minimum atomic E-state index is 0.630. The first-order valence-corrected chi connectivity index (χ1v) is 8.39. The van der Waals surface area contributed by atoms with Crippen LogP contribution in [0.1, 0.15) is 18.6 Å². The molecule has 0 bridgehead atoms. The predicted molar refractivity (Wildman–Crippen MR) is 73.8 cm³/mol. The highest BCUT2D eigenvalue weighted by molar-refractivity contribution is 8.03. The number of thioether (sulfide) groups is 2. The van der Waals surface area contributed by atoms with Crippen molar-refractivity contribution in [3.63, 3.8) is 0 Å². The summed E-state index contributed by atoms with van der Waals surface area (Å²) in [5.41, 5.74) is 0. The zero-order valence-corrected chi connectivity index (χ0v) is 11.8. The van der Waals surface area contributed by atoms with Crippen molar-refractivity contribution in [2.24, 2.45) is 0 Å². The van der Waals surface area contributed by atoms with Gasteiger partial charge in [-0.3, -0.25) is 0 Å². The van der Waals surface area contributed by atoms with Crippen molar-refractivity contribution in [1.82, 2.24) is 15.5 Å². The average Bonchev–Trinajstić information content (AvgIpc) is 2.65. The number of rotatable bonds is 5. The molecule has 1 aromatic heterocycles. The van der Waals surface area contributed by atoms with E-state index in [1.165, 1.54) is 23.0 Å². The fraction of sp³-hybridized carbons (Fsp3) is 0.818. The maximum atomic E-state index is 5.08. The second-order valence-electron chi connectivity index (χ2n) is 4.01. The highest BCUT2D eigenvalue weighted by atomic mass is 32.2. The van der Waals surface area contributed by atoms with Crippen LogP contribution in [0.2, 0.25) is 0 Å². The van der Waals surface area contributed by atoms with E-state index in [9.17, 15) is 0 Å². The Bertz CT molecular complexity index is 324. The van der Waals surface area contributed by atoms with Crippen LogP contribution in [0, 0.1) is 0 Å². The molecule has 0 saturated carbocycles. The van der Waals surface area contributed by atoms with E-state index in [1.807, 2.05) is 30.4 Å². The maximum absolute atomic E-state index is 5.08. The van der Waals surface area contributed by atoms with Crippen molar-refractivity contribution in [2.45, 2.75) is 25.8 Å². The minimum absolute atomic E-state index is 0.630. The monoisotopic (exact) mass is 273 g/mol. The number of nitrogens with one attached hydrogen (secondary N) is 1. The van der Waals surface area contributed by atoms with Crippen molar-refractivity contribution >= 4 is 23.5 Å². The molecule has 6 heteroatoms. The summed E-state index contributed by atoms with van der Waals surface area (Å²) >= 11 is 4.09. The molecule has 1 N–H and O–H groups in total. The van der Waals surface area contributed by atoms with Gasteiger partial charge in [0.1, 0.15) is 0 Å². The van der Waals surface area contributed by atoms with Crippen LogP contribution in [0.15, 0.2) is 4.52 Å². The van der Waals surface area contributed by atoms with E-state index in [2.05, 4.69) is 15.5 Å². The number of nitrogens with zero attached hydrogens (tertiary/aromatic N) is 2. The molecule has 2 rings (SSSR count). The second-order valence-corrected chi connectivity index (χ2v) is 6.31. The summed E-state index contributed by atoms with van der Waals surface area (Å²) in [5, 5.41) is 7.53. The molecule has 1 aliphatic heterocycles. The van der Waals surface area contributed by atoms with E-state index >= 15 is 0 Å². The average molecular weight is 273 g/mol. The summed E-state index contributed by atoms with van der Waals surface area (Å²) in [6.45, 7) is 2.96. The Hall–Kier alpha value is -0.200. The number of hydrogen-bond donors (Lipinski definition) is 1. The van der Waals surface area contributed by atoms with Crippen molar-refractivity contribution in [3.05, 3.63) is 11.7 Å². The van der Waals surface area contributed by atoms with Gasteiger partial charge in [0, 0.05) is 48.4 Å². The van der Waals surface area contributed by atoms with Gasteiger partial charge in [-0.15, -0.1) is 0 Å². The lowest BCUT2D eigenvalue weighted by Crippen LogP contribution is -2.34. The van der Waals surface area contributed by atoms with Crippen LogP contribution in [0.3, 0.4) is 0 Å². The lowest BCUT2D eigenvalue weighted by atomic mass is 10.3. The molecule has 1 fully saturated rings. The smallest absolute Gasteiger partial charge is 0.226 e. The molecule has 4 nitrogen and oxygen atoms in total. The summed E-state index contributed by atoms with van der Waals surface area (Å²) < 4.78 is 5.08. The van der Waals surface area contributed by atoms with E-state index in [4.69, 9.17) is 4.52 Å². The molecule has 2 heterocycles. The van der Waals surface area contributed by atoms with E-state index < -0.39 is 0 Å². The topological polar surface area (TPSA) is 51.0 Å². The van der Waals surface area contributed by atoms with Crippen LogP contribution >= 0.6 is 23.5 Å². The molecule has 1 aliphatic rings. The first-order chi connectivity index (χ1) is 8.38. The normalized spacial score (nSPS) is 18.2. The van der Waals surface area contributed by atoms with E-state index in [-0.39, 0.29) is 0 Å². The quantitative estimate of drug-likeness (QED) is 0.879. The Morgan fingerprint density at radius 3 is 2.76 bits per heavy atom. The van der Waals surface area contributed by atoms with Gasteiger partial charge in [-0.05, 0) is 0 Å². The number of hydrogen-bond acceptors (Lipinski definition) is 6. The SMILES string of the molecule is CCc1nc(CCNC2CSCCSC2)no1. The van der Waals surface area contributed by atoms with Crippen LogP contribution in [-0.4, -0.2) is 45.7 Å². The Labute approximate surface area is 111 Å². The van der Waals surface area contributed by atoms with E-state index in [0.717, 1.165) is 31.1 Å². The summed E-state index contributed by atoms with van der Waals surface area (Å²) in [4.78, 5) is 4.30. The van der Waals surface area contributed by atoms with Gasteiger partial charge in [0.15, 0.2) is 5.82 Å². The van der Waals surface area contributed by atoms with Crippen molar-refractivity contribution in [3.8, 4) is 0 Å². The molecule has 1 aromatic rings. The summed E-state index contributed by atoms with van der Waals surface area (Å²) in [5.74, 6) is 6.57. The highest BCUT2D eigenvalue weighted by Gasteiger charge is 2.12. The molecule has 0 aromatic carbocycles. The lowest BCUT2D eigenvalue weighted by molar-refractivity contribution is 0.376. The van der Waals surface area contributed by atoms with Gasteiger partial charge < -0.3 is 9.84 Å². The zero-order chi connectivity index (χ0) is 11.9. The summed E-state index contributed by atoms with van der Waals surface area (Å²) in [6.07, 6.45) is 1.67. The van der Waals surface area contributed by atoms with Crippen molar-refractivity contribution in [1.29, 1.82) is 0 Å². The Balaban J connectivity index is 1.67. The zero-order valence-electron chi connectivity index (χ0n) is 10.1. The lowest BCUT2D eigenvalue weighted by Gasteiger charge is -2.14. The fourth-order valence-electron chi connectivity index (χ4n) is 1.66. The van der Waals surface area contributed by atoms with Gasteiger partial charge >= 0.3 is 0 Å². The maximum Gasteiger partial charge on any atom is 0.226 e. The second kappa shape index (κ2) is 7.28. The molecule has 1 saturated heterocycles. The minimum Gasteiger partial charge on any atom is -0.339 e. The van der Waals surface area contributed by atoms with Crippen LogP contribution in [0.4, 0.5) is 0 Å². The third kappa shape index (κ3) is 4.52. The molecule has 0 amide bonds. The Kier molecular flexibility index (Phi) is 5.67. The van der Waals surface area contributed by atoms with Crippen LogP contribution in [0.5, 0.6) is 0 Å². The first kappa shape index (κ1) is 13.2. The van der Waals surface area contributed by atoms with Crippen LogP contribution in [-0.2, 0) is 12.8 Å². The van der Waals surface area contributed by atoms with Gasteiger partial charge in [-0.25, -0.2) is 0 Å². The van der Waals surface area contributed by atoms with Crippen molar-refractivity contribution in [2.75, 3.05) is 29.6 Å². The van der Waals surface area contributed by atoms with Gasteiger partial charge in [0.2, 0.25) is 5.89 Å². The molecule has 0 aliphatic carbocycles. The Morgan fingerprint density at radius 1 is 1.35 bits per heavy atom. The molecule has 17 heavy (non-hydrogen) atoms. The van der Waals surface area contributed by atoms with Gasteiger partial charge in [0.05, 0.1) is 0 Å². The molecule has 0 unspecified atom stereocenters. The standard InChI is InChI=1S/C11H19N3OS2/c1-2-11-13-10(14-15-11)3-4-12-9-7-16-5-6-17-8-9/h9,12H,2-8H2,1H3. The molecule has 0 radical (unpaired) electrons. The fourth-order valence-corrected chi connectivity index (χ4v) is 4.12. The molecule has 0 atom stereocenters. The Morgan fingerprint density at radius 2 is 2.12 bits per heavy atom. The van der Waals surface area contributed by atoms with Gasteiger partial charge in [0.25, 0.3) is 0 Å². The van der Waals surface area contributed by atoms with Gasteiger partial charge in [-0.2, -0.15) is 28.5 Å². The molecule has 96 valence electrons. The molecular weight excluding hydrogens is 254 g/mol. The van der Waals surface area contributed by atoms with E-state index in [1.54, 1.807) is 0 Å². The predicted octanol–water partition coefficient (Wildman–Crippen LogP) is 1.61. The van der Waals surface area contributed by atoms with Gasteiger partial charge in [-0.1, -0.05) is 12.1 Å². The van der Waals surface area contributed by atoms with Crippen LogP contribution in [0.25, 0.3) is 0 Å². The van der Waals surface area contributed by atoms with Crippen LogP contribution < -0.4 is 5.32 Å². The molecule has 0 spiro atoms. The number of aromatic nitrogens is 2. The largest absolute Gasteiger partial charge is 0.339 e. The first-order valence-electron chi connectivity index (χ1n) is 6.09. The third-order valence-electron chi connectivity index (χ3n) is 2.60. The number of aryl methyl sites for hydroxylation is 1. The third-order valence-corrected chi connectivity index (χ3v) is 5.12. The van der Waals surface area contributed by atoms with E-state index in [0.29, 0.717) is 6.04 Å². The molecular formula is C11H19N3OS2.